The van der Waals surface area contributed by atoms with E-state index in [0.29, 0.717) is 12.8 Å². The minimum absolute atomic E-state index is 0.451. The summed E-state index contributed by atoms with van der Waals surface area (Å²) in [5, 5.41) is 0. The number of nitrogens with zero attached hydrogens (tertiary/aromatic N) is 1. The van der Waals surface area contributed by atoms with E-state index in [2.05, 4.69) is 4.40 Å². The third kappa shape index (κ3) is 1.96. The summed E-state index contributed by atoms with van der Waals surface area (Å²) < 4.78 is 32.3. The van der Waals surface area contributed by atoms with Crippen molar-refractivity contribution < 1.29 is 13.0 Å². The van der Waals surface area contributed by atoms with Gasteiger partial charge in [-0.25, -0.2) is 4.40 Å². The van der Waals surface area contributed by atoms with Crippen molar-refractivity contribution in [3.63, 3.8) is 0 Å². The largest absolute Gasteiger partial charge is 0.285 e. The van der Waals surface area contributed by atoms with Gasteiger partial charge in [-0.15, -0.1) is 0 Å². The van der Waals surface area contributed by atoms with Crippen molar-refractivity contribution in [2.45, 2.75) is 17.4 Å². The van der Waals surface area contributed by atoms with Crippen LogP contribution in [0.5, 0.6) is 0 Å². The molecule has 10 heavy (non-hydrogen) atoms. The first-order valence-electron chi connectivity index (χ1n) is 2.74. The molecule has 0 spiro atoms. The maximum atomic E-state index is 10.4. The van der Waals surface area contributed by atoms with E-state index in [9.17, 15) is 8.42 Å². The topological polar surface area (TPSA) is 66.7 Å². The Kier molecular flexibility index (Phi) is 2.32. The van der Waals surface area contributed by atoms with Crippen LogP contribution >= 0.6 is 11.9 Å². The summed E-state index contributed by atoms with van der Waals surface area (Å²) in [6.07, 6.45) is 2.72. The molecule has 58 valence electrons. The third-order valence-corrected chi connectivity index (χ3v) is 3.75. The Morgan fingerprint density at radius 2 is 2.40 bits per heavy atom. The van der Waals surface area contributed by atoms with Crippen molar-refractivity contribution in [3.8, 4) is 0 Å². The van der Waals surface area contributed by atoms with Crippen LogP contribution < -0.4 is 0 Å². The summed E-state index contributed by atoms with van der Waals surface area (Å²) in [7, 11) is -3.88. The van der Waals surface area contributed by atoms with Gasteiger partial charge in [0.15, 0.2) is 4.58 Å². The smallest absolute Gasteiger partial charge is 0.279 e. The van der Waals surface area contributed by atoms with Crippen LogP contribution in [-0.4, -0.2) is 23.8 Å². The van der Waals surface area contributed by atoms with Crippen LogP contribution in [0.2, 0.25) is 0 Å². The lowest BCUT2D eigenvalue weighted by molar-refractivity contribution is 0.478. The van der Waals surface area contributed by atoms with Crippen molar-refractivity contribution in [2.24, 2.45) is 4.40 Å². The fourth-order valence-electron chi connectivity index (χ4n) is 0.630. The van der Waals surface area contributed by atoms with Gasteiger partial charge in [0.25, 0.3) is 10.1 Å². The molecule has 0 saturated carbocycles. The van der Waals surface area contributed by atoms with Crippen molar-refractivity contribution in [1.29, 1.82) is 0 Å². The van der Waals surface area contributed by atoms with Crippen LogP contribution in [0.1, 0.15) is 12.8 Å². The Hall–Kier alpha value is -0.0700. The molecule has 1 aliphatic rings. The van der Waals surface area contributed by atoms with Gasteiger partial charge < -0.3 is 0 Å². The average Bonchev–Trinajstić information content (AvgIpc) is 1.88. The van der Waals surface area contributed by atoms with Crippen molar-refractivity contribution in [2.75, 3.05) is 0 Å². The van der Waals surface area contributed by atoms with Gasteiger partial charge in [0.2, 0.25) is 0 Å². The maximum Gasteiger partial charge on any atom is 0.279 e. The van der Waals surface area contributed by atoms with Crippen LogP contribution in [0.3, 0.4) is 0 Å². The highest BCUT2D eigenvalue weighted by Gasteiger charge is 2.24. The lowest BCUT2D eigenvalue weighted by atomic mass is 10.4. The SMILES string of the molecule is O=S(=O)(O)C1CCC=NS1. The van der Waals surface area contributed by atoms with Crippen molar-refractivity contribution >= 4 is 28.3 Å². The molecule has 1 heterocycles. The molecular weight excluding hydrogens is 174 g/mol. The molecule has 0 aromatic rings. The normalized spacial score (nSPS) is 26.7. The molecule has 0 aliphatic carbocycles. The quantitative estimate of drug-likeness (QED) is 0.478. The number of rotatable bonds is 1. The number of hydrogen-bond acceptors (Lipinski definition) is 4. The Balaban J connectivity index is 2.67. The monoisotopic (exact) mass is 181 g/mol. The first-order valence-corrected chi connectivity index (χ1v) is 5.08. The molecule has 6 heteroatoms. The highest BCUT2D eigenvalue weighted by Crippen LogP contribution is 2.24. The zero-order valence-electron chi connectivity index (χ0n) is 5.10. The van der Waals surface area contributed by atoms with Crippen molar-refractivity contribution in [3.05, 3.63) is 0 Å². The second-order valence-electron chi connectivity index (χ2n) is 1.92. The first-order chi connectivity index (χ1) is 4.61. The number of hydrogen-bond donors (Lipinski definition) is 1. The summed E-state index contributed by atoms with van der Waals surface area (Å²) in [6.45, 7) is 0. The molecule has 0 aromatic heterocycles. The van der Waals surface area contributed by atoms with Gasteiger partial charge in [0.1, 0.15) is 0 Å². The Morgan fingerprint density at radius 3 is 2.70 bits per heavy atom. The molecule has 0 fully saturated rings. The van der Waals surface area contributed by atoms with Gasteiger partial charge in [-0.1, -0.05) is 0 Å². The predicted octanol–water partition coefficient (Wildman–Crippen LogP) is 0.713. The summed E-state index contributed by atoms with van der Waals surface area (Å²) in [5.41, 5.74) is 0. The van der Waals surface area contributed by atoms with E-state index in [1.807, 2.05) is 0 Å². The molecule has 1 atom stereocenters. The molecule has 1 rings (SSSR count). The Bertz CT molecular complexity index is 233. The van der Waals surface area contributed by atoms with Crippen molar-refractivity contribution in [1.82, 2.24) is 0 Å². The molecule has 4 nitrogen and oxygen atoms in total. The van der Waals surface area contributed by atoms with E-state index < -0.39 is 14.7 Å². The van der Waals surface area contributed by atoms with E-state index in [1.54, 1.807) is 6.21 Å². The van der Waals surface area contributed by atoms with E-state index in [0.717, 1.165) is 11.9 Å². The fraction of sp³-hybridized carbons (Fsp3) is 0.750. The van der Waals surface area contributed by atoms with Crippen LogP contribution in [0, 0.1) is 0 Å². The zero-order chi connectivity index (χ0) is 7.61. The zero-order valence-corrected chi connectivity index (χ0v) is 6.73. The van der Waals surface area contributed by atoms with Gasteiger partial charge in [-0.2, -0.15) is 8.42 Å². The Labute approximate surface area is 63.6 Å². The van der Waals surface area contributed by atoms with E-state index >= 15 is 0 Å². The molecule has 1 unspecified atom stereocenters. The van der Waals surface area contributed by atoms with Crippen LogP contribution in [0.4, 0.5) is 0 Å². The average molecular weight is 181 g/mol. The molecule has 0 amide bonds. The lowest BCUT2D eigenvalue weighted by Crippen LogP contribution is -2.17. The second-order valence-corrected chi connectivity index (χ2v) is 4.80. The van der Waals surface area contributed by atoms with Gasteiger partial charge in [-0.05, 0) is 24.8 Å². The highest BCUT2D eigenvalue weighted by molar-refractivity contribution is 8.11. The summed E-state index contributed by atoms with van der Waals surface area (Å²) >= 11 is 0.902. The van der Waals surface area contributed by atoms with Gasteiger partial charge in [-0.3, -0.25) is 4.55 Å². The summed E-state index contributed by atoms with van der Waals surface area (Å²) in [5.74, 6) is 0. The second kappa shape index (κ2) is 2.89. The molecular formula is C4H7NO3S2. The molecule has 1 N–H and O–H groups in total. The lowest BCUT2D eigenvalue weighted by Gasteiger charge is -2.11. The maximum absolute atomic E-state index is 10.4. The van der Waals surface area contributed by atoms with E-state index in [1.165, 1.54) is 0 Å². The van der Waals surface area contributed by atoms with Crippen LogP contribution in [-0.2, 0) is 10.1 Å². The molecule has 0 bridgehead atoms. The van der Waals surface area contributed by atoms with Gasteiger partial charge in [0, 0.05) is 6.21 Å². The highest BCUT2D eigenvalue weighted by atomic mass is 32.3. The van der Waals surface area contributed by atoms with Gasteiger partial charge >= 0.3 is 0 Å². The minimum Gasteiger partial charge on any atom is -0.285 e. The van der Waals surface area contributed by atoms with E-state index in [-0.39, 0.29) is 0 Å². The Morgan fingerprint density at radius 1 is 1.70 bits per heavy atom. The third-order valence-electron chi connectivity index (χ3n) is 1.12. The molecule has 0 saturated heterocycles. The fourth-order valence-corrected chi connectivity index (χ4v) is 2.22. The standard InChI is InChI=1S/C4H7NO3S2/c6-10(7,8)4-2-1-3-5-9-4/h3-4H,1-2H2,(H,6,7,8). The first kappa shape index (κ1) is 8.03. The molecule has 1 aliphatic heterocycles. The minimum atomic E-state index is -3.88. The van der Waals surface area contributed by atoms with Crippen LogP contribution in [0.25, 0.3) is 0 Å². The molecule has 0 aromatic carbocycles. The van der Waals surface area contributed by atoms with Gasteiger partial charge in [0.05, 0.1) is 0 Å². The molecule has 0 radical (unpaired) electrons. The summed E-state index contributed by atoms with van der Waals surface area (Å²) in [4.78, 5) is 0. The van der Waals surface area contributed by atoms with Crippen LogP contribution in [0.15, 0.2) is 4.40 Å². The summed E-state index contributed by atoms with van der Waals surface area (Å²) in [6, 6.07) is 0. The van der Waals surface area contributed by atoms with E-state index in [4.69, 9.17) is 4.55 Å². The predicted molar refractivity (Wildman–Crippen MR) is 40.7 cm³/mol.